The van der Waals surface area contributed by atoms with Crippen LogP contribution in [-0.4, -0.2) is 54.4 Å². The van der Waals surface area contributed by atoms with Gasteiger partial charge in [0.2, 0.25) is 5.91 Å². The number of benzene rings is 4. The minimum Gasteiger partial charge on any atom is -0.508 e. The Labute approximate surface area is 267 Å². The van der Waals surface area contributed by atoms with Gasteiger partial charge in [-0.05, 0) is 95.8 Å². The predicted molar refractivity (Wildman–Crippen MR) is 175 cm³/mol. The molecule has 0 bridgehead atoms. The lowest BCUT2D eigenvalue weighted by Gasteiger charge is -2.14. The number of carbonyl (C=O) groups is 2. The fourth-order valence-corrected chi connectivity index (χ4v) is 4.37. The molecule has 46 heavy (non-hydrogen) atoms. The first kappa shape index (κ1) is 33.0. The molecule has 2 amide bonds. The van der Waals surface area contributed by atoms with E-state index >= 15 is 0 Å². The molecule has 0 fully saturated rings. The topological polar surface area (TPSA) is 147 Å². The number of hydrogen-bond acceptors (Lipinski definition) is 8. The number of ether oxygens (including phenoxy) is 3. The number of carbonyl (C=O) groups excluding carboxylic acids is 2. The standard InChI is InChI=1S/C36H36N2O8/c1-44-31-14-8-27(21-30(31)41)23-34(36(43)38-20-18-25-5-12-29(40)13-6-25)46-32-15-7-26(22-33(32)45-2)9-16-35(42)37-19-17-24-3-10-28(39)11-4-24/h3-16,21-23,39-41H,17-20H2,1-2H3,(H,37,42)(H,38,43). The summed E-state index contributed by atoms with van der Waals surface area (Å²) in [6, 6.07) is 23.3. The second kappa shape index (κ2) is 16.2. The zero-order chi connectivity index (χ0) is 32.9. The molecule has 0 spiro atoms. The van der Waals surface area contributed by atoms with Crippen LogP contribution in [0.3, 0.4) is 0 Å². The third kappa shape index (κ3) is 9.81. The molecule has 0 heterocycles. The van der Waals surface area contributed by atoms with Crippen molar-refractivity contribution in [3.63, 3.8) is 0 Å². The Morgan fingerprint density at radius 2 is 1.24 bits per heavy atom. The minimum absolute atomic E-state index is 0.0510. The monoisotopic (exact) mass is 624 g/mol. The number of hydrogen-bond donors (Lipinski definition) is 5. The van der Waals surface area contributed by atoms with Crippen LogP contribution in [0.5, 0.6) is 34.5 Å². The summed E-state index contributed by atoms with van der Waals surface area (Å²) in [5.41, 5.74) is 3.09. The summed E-state index contributed by atoms with van der Waals surface area (Å²) in [5.74, 6) is 0.318. The van der Waals surface area contributed by atoms with E-state index in [4.69, 9.17) is 14.2 Å². The molecule has 238 valence electrons. The lowest BCUT2D eigenvalue weighted by Crippen LogP contribution is -2.29. The van der Waals surface area contributed by atoms with E-state index in [2.05, 4.69) is 10.6 Å². The van der Waals surface area contributed by atoms with Crippen molar-refractivity contribution in [1.29, 1.82) is 0 Å². The second-order valence-corrected chi connectivity index (χ2v) is 10.2. The van der Waals surface area contributed by atoms with Gasteiger partial charge in [-0.1, -0.05) is 36.4 Å². The molecule has 0 radical (unpaired) electrons. The summed E-state index contributed by atoms with van der Waals surface area (Å²) in [5, 5.41) is 34.8. The van der Waals surface area contributed by atoms with Gasteiger partial charge in [0.1, 0.15) is 11.5 Å². The summed E-state index contributed by atoms with van der Waals surface area (Å²) in [6.07, 6.45) is 5.68. The fourth-order valence-electron chi connectivity index (χ4n) is 4.37. The number of methoxy groups -OCH3 is 2. The van der Waals surface area contributed by atoms with Gasteiger partial charge in [0.05, 0.1) is 14.2 Å². The van der Waals surface area contributed by atoms with Gasteiger partial charge in [-0.3, -0.25) is 9.59 Å². The lowest BCUT2D eigenvalue weighted by molar-refractivity contribution is -0.119. The summed E-state index contributed by atoms with van der Waals surface area (Å²) in [4.78, 5) is 25.7. The molecular weight excluding hydrogens is 588 g/mol. The van der Waals surface area contributed by atoms with Crippen LogP contribution in [0, 0.1) is 0 Å². The highest BCUT2D eigenvalue weighted by Crippen LogP contribution is 2.32. The first-order valence-electron chi connectivity index (χ1n) is 14.5. The quantitative estimate of drug-likeness (QED) is 0.0977. The molecule has 5 N–H and O–H groups in total. The summed E-state index contributed by atoms with van der Waals surface area (Å²) in [6.45, 7) is 0.734. The maximum Gasteiger partial charge on any atom is 0.287 e. The average Bonchev–Trinajstić information content (AvgIpc) is 3.05. The van der Waals surface area contributed by atoms with Gasteiger partial charge in [0.25, 0.3) is 5.91 Å². The number of rotatable bonds is 14. The molecule has 0 aliphatic rings. The summed E-state index contributed by atoms with van der Waals surface area (Å²) < 4.78 is 16.7. The van der Waals surface area contributed by atoms with E-state index in [0.717, 1.165) is 11.1 Å². The highest BCUT2D eigenvalue weighted by molar-refractivity contribution is 5.96. The maximum atomic E-state index is 13.3. The van der Waals surface area contributed by atoms with E-state index in [0.29, 0.717) is 42.8 Å². The molecule has 0 aliphatic carbocycles. The zero-order valence-electron chi connectivity index (χ0n) is 25.5. The highest BCUT2D eigenvalue weighted by atomic mass is 16.5. The molecule has 4 aromatic carbocycles. The van der Waals surface area contributed by atoms with Crippen molar-refractivity contribution in [2.24, 2.45) is 0 Å². The van der Waals surface area contributed by atoms with Crippen LogP contribution in [-0.2, 0) is 22.4 Å². The number of phenols is 3. The molecule has 0 aromatic heterocycles. The first-order valence-corrected chi connectivity index (χ1v) is 14.5. The Morgan fingerprint density at radius 1 is 0.674 bits per heavy atom. The first-order chi connectivity index (χ1) is 22.2. The number of amides is 2. The molecular formula is C36H36N2O8. The molecule has 0 saturated heterocycles. The summed E-state index contributed by atoms with van der Waals surface area (Å²) in [7, 11) is 2.91. The van der Waals surface area contributed by atoms with E-state index in [-0.39, 0.29) is 40.4 Å². The fraction of sp³-hybridized carbons (Fsp3) is 0.167. The zero-order valence-corrected chi connectivity index (χ0v) is 25.5. The largest absolute Gasteiger partial charge is 0.508 e. The van der Waals surface area contributed by atoms with Crippen molar-refractivity contribution in [2.45, 2.75) is 12.8 Å². The van der Waals surface area contributed by atoms with E-state index in [1.54, 1.807) is 84.9 Å². The van der Waals surface area contributed by atoms with Gasteiger partial charge in [-0.2, -0.15) is 0 Å². The predicted octanol–water partition coefficient (Wildman–Crippen LogP) is 4.97. The SMILES string of the molecule is COc1ccc(C=C(Oc2ccc(C=CC(=O)NCCc3ccc(O)cc3)cc2OC)C(=O)NCCc2ccc(O)cc2)cc1O. The van der Waals surface area contributed by atoms with Crippen LogP contribution in [0.15, 0.2) is 96.8 Å². The van der Waals surface area contributed by atoms with E-state index in [1.165, 1.54) is 32.4 Å². The molecule has 0 unspecified atom stereocenters. The Bertz CT molecular complexity index is 1700. The van der Waals surface area contributed by atoms with Gasteiger partial charge >= 0.3 is 0 Å². The smallest absolute Gasteiger partial charge is 0.287 e. The van der Waals surface area contributed by atoms with Crippen molar-refractivity contribution in [1.82, 2.24) is 10.6 Å². The molecule has 0 atom stereocenters. The molecule has 4 rings (SSSR count). The van der Waals surface area contributed by atoms with Gasteiger partial charge in [-0.25, -0.2) is 0 Å². The van der Waals surface area contributed by atoms with Gasteiger partial charge in [0.15, 0.2) is 28.8 Å². The minimum atomic E-state index is -0.496. The van der Waals surface area contributed by atoms with Gasteiger partial charge in [0, 0.05) is 19.2 Å². The third-order valence-electron chi connectivity index (χ3n) is 6.84. The number of phenolic OH excluding ortho intramolecular Hbond substituents is 3. The maximum absolute atomic E-state index is 13.3. The van der Waals surface area contributed by atoms with Crippen molar-refractivity contribution < 1.29 is 39.1 Å². The van der Waals surface area contributed by atoms with E-state index in [9.17, 15) is 24.9 Å². The van der Waals surface area contributed by atoms with Crippen LogP contribution < -0.4 is 24.8 Å². The molecule has 4 aromatic rings. The van der Waals surface area contributed by atoms with Gasteiger partial charge in [-0.15, -0.1) is 0 Å². The third-order valence-corrected chi connectivity index (χ3v) is 6.84. The van der Waals surface area contributed by atoms with Crippen molar-refractivity contribution in [2.75, 3.05) is 27.3 Å². The van der Waals surface area contributed by atoms with Crippen LogP contribution >= 0.6 is 0 Å². The lowest BCUT2D eigenvalue weighted by atomic mass is 10.1. The number of nitrogens with one attached hydrogen (secondary N) is 2. The van der Waals surface area contributed by atoms with Crippen LogP contribution in [0.4, 0.5) is 0 Å². The average molecular weight is 625 g/mol. The Kier molecular flexibility index (Phi) is 11.7. The van der Waals surface area contributed by atoms with E-state index in [1.807, 2.05) is 0 Å². The van der Waals surface area contributed by atoms with Crippen molar-refractivity contribution >= 4 is 24.0 Å². The van der Waals surface area contributed by atoms with E-state index < -0.39 is 5.91 Å². The van der Waals surface area contributed by atoms with Crippen LogP contribution in [0.25, 0.3) is 12.2 Å². The summed E-state index contributed by atoms with van der Waals surface area (Å²) >= 11 is 0. The van der Waals surface area contributed by atoms with Crippen molar-refractivity contribution in [3.05, 3.63) is 119 Å². The molecule has 10 heteroatoms. The van der Waals surface area contributed by atoms with Crippen LogP contribution in [0.2, 0.25) is 0 Å². The van der Waals surface area contributed by atoms with Crippen LogP contribution in [0.1, 0.15) is 22.3 Å². The van der Waals surface area contributed by atoms with Gasteiger partial charge < -0.3 is 40.2 Å². The molecule has 0 aliphatic heterocycles. The second-order valence-electron chi connectivity index (χ2n) is 10.2. The Hall–Kier alpha value is -5.90. The Morgan fingerprint density at radius 3 is 1.83 bits per heavy atom. The molecule has 10 nitrogen and oxygen atoms in total. The highest BCUT2D eigenvalue weighted by Gasteiger charge is 2.16. The number of aromatic hydroxyl groups is 3. The normalized spacial score (nSPS) is 11.2. The Balaban J connectivity index is 1.45. The van der Waals surface area contributed by atoms with Crippen molar-refractivity contribution in [3.8, 4) is 34.5 Å². The molecule has 0 saturated carbocycles.